The molecule has 0 aliphatic carbocycles. The second-order valence-electron chi connectivity index (χ2n) is 4.27. The lowest BCUT2D eigenvalue weighted by Crippen LogP contribution is -1.99. The van der Waals surface area contributed by atoms with Gasteiger partial charge in [0.05, 0.1) is 11.4 Å². The van der Waals surface area contributed by atoms with Gasteiger partial charge in [0.15, 0.2) is 0 Å². The minimum atomic E-state index is 0.273. The Labute approximate surface area is 117 Å². The van der Waals surface area contributed by atoms with Crippen LogP contribution in [-0.4, -0.2) is 16.5 Å². The van der Waals surface area contributed by atoms with Crippen LogP contribution < -0.4 is 0 Å². The minimum Gasteiger partial charge on any atom is -0.441 e. The Morgan fingerprint density at radius 3 is 2.74 bits per heavy atom. The fourth-order valence-corrected chi connectivity index (χ4v) is 2.62. The Morgan fingerprint density at radius 2 is 2.05 bits per heavy atom. The number of carbonyl (C=O) groups excluding carboxylic acids is 1. The van der Waals surface area contributed by atoms with Crippen LogP contribution in [0.3, 0.4) is 0 Å². The van der Waals surface area contributed by atoms with Gasteiger partial charge in [-0.05, 0) is 19.1 Å². The Morgan fingerprint density at radius 1 is 1.32 bits per heavy atom. The lowest BCUT2D eigenvalue weighted by atomic mass is 10.2. The van der Waals surface area contributed by atoms with Crippen molar-refractivity contribution < 1.29 is 9.21 Å². The van der Waals surface area contributed by atoms with Gasteiger partial charge in [0.1, 0.15) is 11.5 Å². The third-order valence-electron chi connectivity index (χ3n) is 2.81. The molecule has 0 saturated heterocycles. The second-order valence-corrected chi connectivity index (χ2v) is 5.26. The Bertz CT molecular complexity index is 549. The number of rotatable bonds is 6. The average Bonchev–Trinajstić information content (AvgIpc) is 2.81. The molecule has 0 aliphatic rings. The van der Waals surface area contributed by atoms with Crippen LogP contribution in [0.15, 0.2) is 34.7 Å². The highest BCUT2D eigenvalue weighted by Gasteiger charge is 2.11. The number of ketones is 1. The summed E-state index contributed by atoms with van der Waals surface area (Å²) in [7, 11) is 0. The van der Waals surface area contributed by atoms with Gasteiger partial charge in [-0.15, -0.1) is 11.8 Å². The summed E-state index contributed by atoms with van der Waals surface area (Å²) in [6.45, 7) is 3.80. The van der Waals surface area contributed by atoms with Gasteiger partial charge in [-0.1, -0.05) is 25.1 Å². The van der Waals surface area contributed by atoms with E-state index in [0.717, 1.165) is 17.0 Å². The van der Waals surface area contributed by atoms with Crippen molar-refractivity contribution in [3.05, 3.63) is 41.8 Å². The van der Waals surface area contributed by atoms with Gasteiger partial charge in [0.2, 0.25) is 5.89 Å². The number of Topliss-reactive ketones (excluding diaryl/α,β-unsaturated/α-hetero) is 1. The highest BCUT2D eigenvalue weighted by molar-refractivity contribution is 7.99. The summed E-state index contributed by atoms with van der Waals surface area (Å²) in [5, 5.41) is 0. The minimum absolute atomic E-state index is 0.273. The van der Waals surface area contributed by atoms with Crippen molar-refractivity contribution in [1.29, 1.82) is 0 Å². The predicted octanol–water partition coefficient (Wildman–Crippen LogP) is 3.86. The van der Waals surface area contributed by atoms with Crippen LogP contribution >= 0.6 is 11.8 Å². The first-order valence-corrected chi connectivity index (χ1v) is 7.47. The zero-order valence-electron chi connectivity index (χ0n) is 11.2. The fourth-order valence-electron chi connectivity index (χ4n) is 1.63. The van der Waals surface area contributed by atoms with E-state index in [4.69, 9.17) is 4.42 Å². The summed E-state index contributed by atoms with van der Waals surface area (Å²) in [5.74, 6) is 3.01. The van der Waals surface area contributed by atoms with Gasteiger partial charge >= 0.3 is 0 Å². The molecule has 3 nitrogen and oxygen atoms in total. The number of carbonyl (C=O) groups is 1. The summed E-state index contributed by atoms with van der Waals surface area (Å²) < 4.78 is 5.68. The van der Waals surface area contributed by atoms with Crippen molar-refractivity contribution in [1.82, 2.24) is 4.98 Å². The second kappa shape index (κ2) is 6.57. The number of thioether (sulfide) groups is 1. The first-order valence-electron chi connectivity index (χ1n) is 6.32. The van der Waals surface area contributed by atoms with E-state index in [1.54, 1.807) is 11.8 Å². The summed E-state index contributed by atoms with van der Waals surface area (Å²) in [6.07, 6.45) is 0.597. The maximum absolute atomic E-state index is 11.2. The molecule has 0 unspecified atom stereocenters. The van der Waals surface area contributed by atoms with E-state index in [-0.39, 0.29) is 5.78 Å². The molecule has 0 atom stereocenters. The van der Waals surface area contributed by atoms with Crippen molar-refractivity contribution >= 4 is 17.5 Å². The SMILES string of the molecule is CCC(=O)CSCc1nc(-c2ccccc2)oc1C. The number of aryl methyl sites for hydroxylation is 1. The van der Waals surface area contributed by atoms with Crippen LogP contribution in [-0.2, 0) is 10.5 Å². The van der Waals surface area contributed by atoms with Gasteiger partial charge in [-0.3, -0.25) is 4.79 Å². The van der Waals surface area contributed by atoms with Gasteiger partial charge in [0.25, 0.3) is 0 Å². The number of hydrogen-bond acceptors (Lipinski definition) is 4. The third-order valence-corrected chi connectivity index (χ3v) is 3.81. The predicted molar refractivity (Wildman–Crippen MR) is 78.1 cm³/mol. The number of nitrogens with zero attached hydrogens (tertiary/aromatic N) is 1. The molecule has 0 aliphatic heterocycles. The molecule has 0 spiro atoms. The Kier molecular flexibility index (Phi) is 4.80. The summed E-state index contributed by atoms with van der Waals surface area (Å²) in [5.41, 5.74) is 1.90. The topological polar surface area (TPSA) is 43.1 Å². The molecule has 0 saturated carbocycles. The highest BCUT2D eigenvalue weighted by atomic mass is 32.2. The van der Waals surface area contributed by atoms with Crippen molar-refractivity contribution in [2.45, 2.75) is 26.0 Å². The third kappa shape index (κ3) is 3.70. The molecule has 1 heterocycles. The average molecular weight is 275 g/mol. The zero-order valence-corrected chi connectivity index (χ0v) is 12.0. The molecule has 0 N–H and O–H groups in total. The summed E-state index contributed by atoms with van der Waals surface area (Å²) in [6, 6.07) is 9.84. The van der Waals surface area contributed by atoms with Crippen molar-refractivity contribution in [3.63, 3.8) is 0 Å². The number of hydrogen-bond donors (Lipinski definition) is 0. The molecular weight excluding hydrogens is 258 g/mol. The molecule has 0 bridgehead atoms. The first-order chi connectivity index (χ1) is 9.20. The van der Waals surface area contributed by atoms with Crippen LogP contribution in [0.2, 0.25) is 0 Å². The quantitative estimate of drug-likeness (QED) is 0.803. The highest BCUT2D eigenvalue weighted by Crippen LogP contribution is 2.23. The fraction of sp³-hybridized carbons (Fsp3) is 0.333. The van der Waals surface area contributed by atoms with E-state index in [1.807, 2.05) is 44.2 Å². The van der Waals surface area contributed by atoms with Crippen LogP contribution in [0.5, 0.6) is 0 Å². The molecule has 19 heavy (non-hydrogen) atoms. The molecule has 0 amide bonds. The molecule has 4 heteroatoms. The molecule has 2 aromatic rings. The van der Waals surface area contributed by atoms with Gasteiger partial charge in [0, 0.05) is 17.7 Å². The standard InChI is InChI=1S/C15H17NO2S/c1-3-13(17)9-19-10-14-11(2)18-15(16-14)12-7-5-4-6-8-12/h4-8H,3,9-10H2,1-2H3. The van der Waals surface area contributed by atoms with Crippen LogP contribution in [0.1, 0.15) is 24.8 Å². The Balaban J connectivity index is 2.03. The van der Waals surface area contributed by atoms with Crippen molar-refractivity contribution in [2.24, 2.45) is 0 Å². The summed E-state index contributed by atoms with van der Waals surface area (Å²) >= 11 is 1.59. The monoisotopic (exact) mass is 275 g/mol. The maximum atomic E-state index is 11.2. The van der Waals surface area contributed by atoms with E-state index in [1.165, 1.54) is 0 Å². The molecule has 1 aromatic heterocycles. The largest absolute Gasteiger partial charge is 0.441 e. The lowest BCUT2D eigenvalue weighted by molar-refractivity contribution is -0.116. The van der Waals surface area contributed by atoms with Gasteiger partial charge < -0.3 is 4.42 Å². The number of oxazole rings is 1. The Hall–Kier alpha value is -1.55. The molecule has 0 radical (unpaired) electrons. The smallest absolute Gasteiger partial charge is 0.226 e. The molecule has 0 fully saturated rings. The first kappa shape index (κ1) is 13.9. The number of aromatic nitrogens is 1. The van der Waals surface area contributed by atoms with Crippen LogP contribution in [0.4, 0.5) is 0 Å². The van der Waals surface area contributed by atoms with E-state index in [2.05, 4.69) is 4.98 Å². The molecule has 100 valence electrons. The molecule has 1 aromatic carbocycles. The van der Waals surface area contributed by atoms with Crippen LogP contribution in [0, 0.1) is 6.92 Å². The van der Waals surface area contributed by atoms with E-state index < -0.39 is 0 Å². The van der Waals surface area contributed by atoms with Gasteiger partial charge in [-0.25, -0.2) is 4.98 Å². The normalized spacial score (nSPS) is 10.6. The van der Waals surface area contributed by atoms with Crippen molar-refractivity contribution in [3.8, 4) is 11.5 Å². The van der Waals surface area contributed by atoms with Crippen molar-refractivity contribution in [2.75, 3.05) is 5.75 Å². The maximum Gasteiger partial charge on any atom is 0.226 e. The van der Waals surface area contributed by atoms with Crippen LogP contribution in [0.25, 0.3) is 11.5 Å². The zero-order chi connectivity index (χ0) is 13.7. The van der Waals surface area contributed by atoms with E-state index >= 15 is 0 Å². The van der Waals surface area contributed by atoms with E-state index in [9.17, 15) is 4.79 Å². The van der Waals surface area contributed by atoms with Gasteiger partial charge in [-0.2, -0.15) is 0 Å². The molecular formula is C15H17NO2S. The molecule has 2 rings (SSSR count). The number of benzene rings is 1. The summed E-state index contributed by atoms with van der Waals surface area (Å²) in [4.78, 5) is 15.8. The lowest BCUT2D eigenvalue weighted by Gasteiger charge is -1.97. The van der Waals surface area contributed by atoms with E-state index in [0.29, 0.717) is 23.8 Å².